The Morgan fingerprint density at radius 1 is 1.40 bits per heavy atom. The molecular weight excluding hydrogens is 254 g/mol. The summed E-state index contributed by atoms with van der Waals surface area (Å²) in [6, 6.07) is 5.68. The lowest BCUT2D eigenvalue weighted by atomic mass is 10.1. The van der Waals surface area contributed by atoms with Gasteiger partial charge in [-0.05, 0) is 41.4 Å². The first-order valence-electron chi connectivity index (χ1n) is 4.95. The molecular formula is C12H12BrNO. The van der Waals surface area contributed by atoms with Crippen LogP contribution in [0.4, 0.5) is 0 Å². The Labute approximate surface area is 96.5 Å². The molecule has 0 amide bonds. The first kappa shape index (κ1) is 10.4. The Balaban J connectivity index is 2.98. The number of aryl methyl sites for hydroxylation is 1. The van der Waals surface area contributed by atoms with Gasteiger partial charge in [0.15, 0.2) is 5.43 Å². The summed E-state index contributed by atoms with van der Waals surface area (Å²) in [6.45, 7) is 3.94. The predicted octanol–water partition coefficient (Wildman–Crippen LogP) is 3.16. The van der Waals surface area contributed by atoms with Gasteiger partial charge in [0.05, 0.1) is 5.52 Å². The van der Waals surface area contributed by atoms with E-state index >= 15 is 0 Å². The lowest BCUT2D eigenvalue weighted by Crippen LogP contribution is -2.12. The van der Waals surface area contributed by atoms with Gasteiger partial charge in [-0.3, -0.25) is 4.79 Å². The van der Waals surface area contributed by atoms with Crippen molar-refractivity contribution in [2.45, 2.75) is 20.3 Å². The number of pyridine rings is 1. The molecule has 0 aliphatic carbocycles. The van der Waals surface area contributed by atoms with Gasteiger partial charge in [-0.15, -0.1) is 0 Å². The molecule has 0 radical (unpaired) electrons. The fourth-order valence-corrected chi connectivity index (χ4v) is 2.33. The van der Waals surface area contributed by atoms with E-state index in [-0.39, 0.29) is 5.43 Å². The van der Waals surface area contributed by atoms with Crippen LogP contribution in [0.2, 0.25) is 0 Å². The zero-order chi connectivity index (χ0) is 11.0. The zero-order valence-electron chi connectivity index (χ0n) is 8.73. The number of rotatable bonds is 1. The van der Waals surface area contributed by atoms with Crippen LogP contribution in [-0.4, -0.2) is 4.98 Å². The summed E-state index contributed by atoms with van der Waals surface area (Å²) in [5.41, 5.74) is 2.87. The first-order chi connectivity index (χ1) is 7.15. The molecule has 1 aromatic carbocycles. The smallest absolute Gasteiger partial charge is 0.192 e. The minimum atomic E-state index is 0.144. The maximum Gasteiger partial charge on any atom is 0.192 e. The van der Waals surface area contributed by atoms with Crippen molar-refractivity contribution in [3.8, 4) is 0 Å². The van der Waals surface area contributed by atoms with Crippen LogP contribution in [0.1, 0.15) is 18.2 Å². The molecule has 0 aliphatic heterocycles. The van der Waals surface area contributed by atoms with Crippen molar-refractivity contribution < 1.29 is 0 Å². The monoisotopic (exact) mass is 265 g/mol. The third kappa shape index (κ3) is 1.61. The first-order valence-corrected chi connectivity index (χ1v) is 5.74. The minimum Gasteiger partial charge on any atom is -0.357 e. The van der Waals surface area contributed by atoms with Crippen LogP contribution in [0, 0.1) is 6.92 Å². The number of aromatic amines is 1. The van der Waals surface area contributed by atoms with Crippen molar-refractivity contribution in [1.29, 1.82) is 0 Å². The fraction of sp³-hybridized carbons (Fsp3) is 0.250. The normalized spacial score (nSPS) is 10.9. The molecule has 0 aliphatic rings. The van der Waals surface area contributed by atoms with E-state index < -0.39 is 0 Å². The fourth-order valence-electron chi connectivity index (χ4n) is 1.86. The number of nitrogens with one attached hydrogen (secondary N) is 1. The highest BCUT2D eigenvalue weighted by Crippen LogP contribution is 2.20. The van der Waals surface area contributed by atoms with E-state index in [0.29, 0.717) is 0 Å². The molecule has 0 atom stereocenters. The van der Waals surface area contributed by atoms with Gasteiger partial charge in [0.1, 0.15) is 0 Å². The van der Waals surface area contributed by atoms with Gasteiger partial charge >= 0.3 is 0 Å². The lowest BCUT2D eigenvalue weighted by Gasteiger charge is -2.06. The maximum absolute atomic E-state index is 12.1. The van der Waals surface area contributed by atoms with Crippen LogP contribution in [0.25, 0.3) is 10.9 Å². The van der Waals surface area contributed by atoms with Gasteiger partial charge < -0.3 is 4.98 Å². The molecule has 2 aromatic rings. The Bertz CT molecular complexity index is 572. The molecule has 1 heterocycles. The number of para-hydroxylation sites is 1. The van der Waals surface area contributed by atoms with Crippen molar-refractivity contribution in [3.05, 3.63) is 44.2 Å². The molecule has 2 nitrogen and oxygen atoms in total. The molecule has 78 valence electrons. The summed E-state index contributed by atoms with van der Waals surface area (Å²) in [5.74, 6) is 0. The summed E-state index contributed by atoms with van der Waals surface area (Å²) < 4.78 is 0.933. The van der Waals surface area contributed by atoms with Crippen LogP contribution in [0.3, 0.4) is 0 Å². The van der Waals surface area contributed by atoms with Crippen LogP contribution in [-0.2, 0) is 6.42 Å². The molecule has 0 bridgehead atoms. The van der Waals surface area contributed by atoms with Crippen molar-refractivity contribution in [2.24, 2.45) is 0 Å². The highest BCUT2D eigenvalue weighted by atomic mass is 79.9. The van der Waals surface area contributed by atoms with Gasteiger partial charge in [0.2, 0.25) is 0 Å². The Kier molecular flexibility index (Phi) is 2.65. The maximum atomic E-state index is 12.1. The van der Waals surface area contributed by atoms with Crippen LogP contribution >= 0.6 is 15.9 Å². The SMILES string of the molecule is CCc1c(C)[nH]c2c(Br)cccc2c1=O. The number of benzene rings is 1. The molecule has 0 saturated carbocycles. The summed E-state index contributed by atoms with van der Waals surface area (Å²) >= 11 is 3.44. The number of hydrogen-bond donors (Lipinski definition) is 1. The van der Waals surface area contributed by atoms with E-state index in [1.165, 1.54) is 0 Å². The van der Waals surface area contributed by atoms with E-state index in [4.69, 9.17) is 0 Å². The number of fused-ring (bicyclic) bond motifs is 1. The Morgan fingerprint density at radius 3 is 2.80 bits per heavy atom. The third-order valence-corrected chi connectivity index (χ3v) is 3.31. The average Bonchev–Trinajstić information content (AvgIpc) is 2.20. The molecule has 0 fully saturated rings. The molecule has 0 saturated heterocycles. The van der Waals surface area contributed by atoms with Crippen molar-refractivity contribution >= 4 is 26.8 Å². The van der Waals surface area contributed by atoms with Gasteiger partial charge in [0.25, 0.3) is 0 Å². The van der Waals surface area contributed by atoms with E-state index in [2.05, 4.69) is 20.9 Å². The predicted molar refractivity (Wildman–Crippen MR) is 66.4 cm³/mol. The number of H-pyrrole nitrogens is 1. The largest absolute Gasteiger partial charge is 0.357 e. The van der Waals surface area contributed by atoms with Crippen molar-refractivity contribution in [1.82, 2.24) is 4.98 Å². The standard InChI is InChI=1S/C12H12BrNO/c1-3-8-7(2)14-11-9(12(8)15)5-4-6-10(11)13/h4-6H,3H2,1-2H3,(H,14,15). The van der Waals surface area contributed by atoms with Gasteiger partial charge in [0, 0.05) is 21.1 Å². The van der Waals surface area contributed by atoms with Crippen molar-refractivity contribution in [2.75, 3.05) is 0 Å². The van der Waals surface area contributed by atoms with Crippen LogP contribution in [0.5, 0.6) is 0 Å². The van der Waals surface area contributed by atoms with Crippen molar-refractivity contribution in [3.63, 3.8) is 0 Å². The average molecular weight is 266 g/mol. The summed E-state index contributed by atoms with van der Waals surface area (Å²) in [4.78, 5) is 15.4. The second-order valence-electron chi connectivity index (χ2n) is 3.57. The van der Waals surface area contributed by atoms with E-state index in [0.717, 1.165) is 33.1 Å². The topological polar surface area (TPSA) is 32.9 Å². The van der Waals surface area contributed by atoms with E-state index in [1.54, 1.807) is 0 Å². The Hall–Kier alpha value is -1.09. The molecule has 2 rings (SSSR count). The van der Waals surface area contributed by atoms with Gasteiger partial charge in [-0.1, -0.05) is 13.0 Å². The second-order valence-corrected chi connectivity index (χ2v) is 4.43. The molecule has 15 heavy (non-hydrogen) atoms. The van der Waals surface area contributed by atoms with Gasteiger partial charge in [-0.2, -0.15) is 0 Å². The number of aromatic nitrogens is 1. The van der Waals surface area contributed by atoms with E-state index in [1.807, 2.05) is 32.0 Å². The molecule has 1 aromatic heterocycles. The molecule has 3 heteroatoms. The Morgan fingerprint density at radius 2 is 2.13 bits per heavy atom. The van der Waals surface area contributed by atoms with Crippen LogP contribution < -0.4 is 5.43 Å². The zero-order valence-corrected chi connectivity index (χ0v) is 10.3. The highest BCUT2D eigenvalue weighted by Gasteiger charge is 2.08. The van der Waals surface area contributed by atoms with Crippen LogP contribution in [0.15, 0.2) is 27.5 Å². The molecule has 0 unspecified atom stereocenters. The summed E-state index contributed by atoms with van der Waals surface area (Å²) in [7, 11) is 0. The van der Waals surface area contributed by atoms with Gasteiger partial charge in [-0.25, -0.2) is 0 Å². The summed E-state index contributed by atoms with van der Waals surface area (Å²) in [6.07, 6.45) is 0.767. The summed E-state index contributed by atoms with van der Waals surface area (Å²) in [5, 5.41) is 0.756. The van der Waals surface area contributed by atoms with E-state index in [9.17, 15) is 4.79 Å². The minimum absolute atomic E-state index is 0.144. The highest BCUT2D eigenvalue weighted by molar-refractivity contribution is 9.10. The molecule has 1 N–H and O–H groups in total. The quantitative estimate of drug-likeness (QED) is 0.844. The number of hydrogen-bond acceptors (Lipinski definition) is 1. The molecule has 0 spiro atoms. The second kappa shape index (κ2) is 3.81. The third-order valence-electron chi connectivity index (χ3n) is 2.65. The number of halogens is 1. The lowest BCUT2D eigenvalue weighted by molar-refractivity contribution is 1.05.